The fourth-order valence-electron chi connectivity index (χ4n) is 2.28. The van der Waals surface area contributed by atoms with Gasteiger partial charge in [-0.2, -0.15) is 0 Å². The van der Waals surface area contributed by atoms with Crippen LogP contribution in [0.15, 0.2) is 16.6 Å². The van der Waals surface area contributed by atoms with E-state index in [1.165, 1.54) is 18.4 Å². The Morgan fingerprint density at radius 1 is 1.42 bits per heavy atom. The maximum atomic E-state index is 12.1. The van der Waals surface area contributed by atoms with Crippen molar-refractivity contribution in [2.75, 3.05) is 13.7 Å². The van der Waals surface area contributed by atoms with Crippen LogP contribution >= 0.6 is 11.3 Å². The van der Waals surface area contributed by atoms with Gasteiger partial charge in [0.05, 0.1) is 10.9 Å². The van der Waals surface area contributed by atoms with Crippen molar-refractivity contribution in [1.82, 2.24) is 10.6 Å². The number of nitrogens with one attached hydrogen (secondary N) is 2. The second-order valence-corrected chi connectivity index (χ2v) is 7.13. The summed E-state index contributed by atoms with van der Waals surface area (Å²) >= 11 is 1.41. The van der Waals surface area contributed by atoms with Gasteiger partial charge in [0.2, 0.25) is 5.91 Å². The lowest BCUT2D eigenvalue weighted by molar-refractivity contribution is -0.121. The zero-order valence-electron chi connectivity index (χ0n) is 14.0. The van der Waals surface area contributed by atoms with E-state index < -0.39 is 29.7 Å². The molecule has 0 fully saturated rings. The Labute approximate surface area is 143 Å². The largest absolute Gasteiger partial charge is 0.444 e. The number of carbonyl (C=O) groups is 2. The third-order valence-electron chi connectivity index (χ3n) is 3.16. The molecule has 1 aromatic rings. The van der Waals surface area contributed by atoms with E-state index >= 15 is 0 Å². The van der Waals surface area contributed by atoms with Crippen LogP contribution in [0.2, 0.25) is 0 Å². The van der Waals surface area contributed by atoms with E-state index in [0.717, 1.165) is 10.4 Å². The lowest BCUT2D eigenvalue weighted by atomic mass is 10.1. The summed E-state index contributed by atoms with van der Waals surface area (Å²) in [7, 11) is 1.39. The maximum absolute atomic E-state index is 12.1. The highest BCUT2D eigenvalue weighted by Crippen LogP contribution is 2.35. The third kappa shape index (κ3) is 4.24. The Balaban J connectivity index is 1.95. The van der Waals surface area contributed by atoms with Crippen LogP contribution in [0.1, 0.15) is 37.3 Å². The van der Waals surface area contributed by atoms with E-state index in [9.17, 15) is 14.7 Å². The van der Waals surface area contributed by atoms with Gasteiger partial charge in [-0.05, 0) is 37.8 Å². The van der Waals surface area contributed by atoms with Gasteiger partial charge < -0.3 is 25.3 Å². The number of ether oxygens (including phenoxy) is 1. The number of nitrogens with zero attached hydrogens (tertiary/aromatic N) is 1. The third-order valence-corrected chi connectivity index (χ3v) is 4.11. The molecule has 2 atom stereocenters. The average Bonchev–Trinajstić information content (AvgIpc) is 3.02. The quantitative estimate of drug-likeness (QED) is 0.702. The Morgan fingerprint density at radius 2 is 2.12 bits per heavy atom. The number of aliphatic hydroxyl groups excluding tert-OH is 1. The standard InChI is InChI=1S/C15H21N3O5S/c1-15(2,3)23-14(21)16-7-9(19)17-10-8-5-6-24-13(8)11(12(10)20)18-22-4/h5-6,10,12,20H,7H2,1-4H3,(H,16,21)(H,17,19)/b18-11+. The molecule has 1 aliphatic rings. The summed E-state index contributed by atoms with van der Waals surface area (Å²) in [4.78, 5) is 29.1. The van der Waals surface area contributed by atoms with Crippen LogP contribution in [-0.4, -0.2) is 48.2 Å². The van der Waals surface area contributed by atoms with Crippen molar-refractivity contribution >= 4 is 29.0 Å². The molecule has 0 aliphatic heterocycles. The van der Waals surface area contributed by atoms with Gasteiger partial charge in [0, 0.05) is 0 Å². The van der Waals surface area contributed by atoms with Crippen LogP contribution < -0.4 is 10.6 Å². The first-order chi connectivity index (χ1) is 11.2. The molecule has 2 amide bonds. The van der Waals surface area contributed by atoms with Crippen molar-refractivity contribution in [3.63, 3.8) is 0 Å². The Hall–Kier alpha value is -2.13. The number of amides is 2. The van der Waals surface area contributed by atoms with Gasteiger partial charge in [0.25, 0.3) is 0 Å². The first-order valence-corrected chi connectivity index (χ1v) is 8.24. The van der Waals surface area contributed by atoms with Crippen molar-refractivity contribution in [2.24, 2.45) is 5.16 Å². The van der Waals surface area contributed by atoms with Gasteiger partial charge in [-0.3, -0.25) is 4.79 Å². The highest BCUT2D eigenvalue weighted by molar-refractivity contribution is 7.12. The number of alkyl carbamates (subject to hydrolysis) is 1. The van der Waals surface area contributed by atoms with Gasteiger partial charge in [-0.25, -0.2) is 4.79 Å². The molecule has 0 saturated carbocycles. The normalized spacial score (nSPS) is 21.3. The van der Waals surface area contributed by atoms with E-state index in [4.69, 9.17) is 9.57 Å². The molecule has 2 rings (SSSR count). The van der Waals surface area contributed by atoms with Gasteiger partial charge in [-0.1, -0.05) is 5.16 Å². The van der Waals surface area contributed by atoms with Crippen LogP contribution in [0.3, 0.4) is 0 Å². The molecule has 8 nitrogen and oxygen atoms in total. The number of rotatable bonds is 4. The molecular formula is C15H21N3O5S. The molecule has 0 spiro atoms. The minimum atomic E-state index is -1.00. The molecule has 1 aromatic heterocycles. The molecular weight excluding hydrogens is 334 g/mol. The fourth-order valence-corrected chi connectivity index (χ4v) is 3.24. The second kappa shape index (κ2) is 7.18. The lowest BCUT2D eigenvalue weighted by Crippen LogP contribution is -2.43. The summed E-state index contributed by atoms with van der Waals surface area (Å²) in [5, 5.41) is 21.1. The Morgan fingerprint density at radius 3 is 2.75 bits per heavy atom. The van der Waals surface area contributed by atoms with Crippen LogP contribution in [0.4, 0.5) is 4.79 Å². The predicted octanol–water partition coefficient (Wildman–Crippen LogP) is 1.16. The summed E-state index contributed by atoms with van der Waals surface area (Å²) in [6, 6.07) is 1.18. The zero-order valence-corrected chi connectivity index (χ0v) is 14.8. The highest BCUT2D eigenvalue weighted by atomic mass is 32.1. The molecule has 24 heavy (non-hydrogen) atoms. The number of thiophene rings is 1. The van der Waals surface area contributed by atoms with Gasteiger partial charge in [-0.15, -0.1) is 11.3 Å². The molecule has 132 valence electrons. The van der Waals surface area contributed by atoms with E-state index in [2.05, 4.69) is 15.8 Å². The maximum Gasteiger partial charge on any atom is 0.408 e. The predicted molar refractivity (Wildman–Crippen MR) is 89.0 cm³/mol. The van der Waals surface area contributed by atoms with E-state index in [1.54, 1.807) is 20.8 Å². The fraction of sp³-hybridized carbons (Fsp3) is 0.533. The van der Waals surface area contributed by atoms with Crippen molar-refractivity contribution in [2.45, 2.75) is 38.5 Å². The SMILES string of the molecule is CO/N=C1/c2sccc2C(NC(=O)CNC(=O)OC(C)(C)C)C1O. The topological polar surface area (TPSA) is 109 Å². The molecule has 0 radical (unpaired) electrons. The molecule has 0 aromatic carbocycles. The summed E-state index contributed by atoms with van der Waals surface area (Å²) < 4.78 is 5.06. The molecule has 3 N–H and O–H groups in total. The van der Waals surface area contributed by atoms with Crippen LogP contribution in [0.5, 0.6) is 0 Å². The van der Waals surface area contributed by atoms with Crippen molar-refractivity contribution in [3.05, 3.63) is 21.9 Å². The summed E-state index contributed by atoms with van der Waals surface area (Å²) in [6.45, 7) is 4.94. The monoisotopic (exact) mass is 355 g/mol. The number of hydrogen-bond acceptors (Lipinski definition) is 7. The first-order valence-electron chi connectivity index (χ1n) is 7.36. The number of oxime groups is 1. The molecule has 1 aliphatic carbocycles. The van der Waals surface area contributed by atoms with Gasteiger partial charge in [0.15, 0.2) is 0 Å². The van der Waals surface area contributed by atoms with Crippen LogP contribution in [0.25, 0.3) is 0 Å². The van der Waals surface area contributed by atoms with Crippen molar-refractivity contribution in [1.29, 1.82) is 0 Å². The molecule has 9 heteroatoms. The Kier molecular flexibility index (Phi) is 5.45. The number of aliphatic hydroxyl groups is 1. The Bertz CT molecular complexity index is 650. The number of carbonyl (C=O) groups excluding carboxylic acids is 2. The van der Waals surface area contributed by atoms with Gasteiger partial charge in [0.1, 0.15) is 31.1 Å². The second-order valence-electron chi connectivity index (χ2n) is 6.21. The summed E-state index contributed by atoms with van der Waals surface area (Å²) in [5.41, 5.74) is 0.515. The average molecular weight is 355 g/mol. The van der Waals surface area contributed by atoms with Crippen molar-refractivity contribution < 1.29 is 24.3 Å². The van der Waals surface area contributed by atoms with Crippen LogP contribution in [0, 0.1) is 0 Å². The minimum absolute atomic E-state index is 0.256. The van der Waals surface area contributed by atoms with E-state index in [0.29, 0.717) is 5.71 Å². The number of hydrogen-bond donors (Lipinski definition) is 3. The van der Waals surface area contributed by atoms with E-state index in [1.807, 2.05) is 11.4 Å². The zero-order chi connectivity index (χ0) is 17.9. The highest BCUT2D eigenvalue weighted by Gasteiger charge is 2.39. The number of fused-ring (bicyclic) bond motifs is 1. The summed E-state index contributed by atoms with van der Waals surface area (Å²) in [5.74, 6) is -0.444. The first kappa shape index (κ1) is 18.2. The van der Waals surface area contributed by atoms with Crippen LogP contribution in [-0.2, 0) is 14.4 Å². The molecule has 0 saturated heterocycles. The van der Waals surface area contributed by atoms with Gasteiger partial charge >= 0.3 is 6.09 Å². The molecule has 2 unspecified atom stereocenters. The minimum Gasteiger partial charge on any atom is -0.444 e. The summed E-state index contributed by atoms with van der Waals surface area (Å²) in [6.07, 6.45) is -1.68. The smallest absolute Gasteiger partial charge is 0.408 e. The molecule has 0 bridgehead atoms. The lowest BCUT2D eigenvalue weighted by Gasteiger charge is -2.20. The molecule has 1 heterocycles. The van der Waals surface area contributed by atoms with E-state index in [-0.39, 0.29) is 6.54 Å². The van der Waals surface area contributed by atoms with Crippen molar-refractivity contribution in [3.8, 4) is 0 Å².